The normalized spacial score (nSPS) is 17.4. The molecule has 0 fully saturated rings. The van der Waals surface area contributed by atoms with E-state index in [-0.39, 0.29) is 0 Å². The number of thiol groups is 1. The van der Waals surface area contributed by atoms with Gasteiger partial charge in [-0.1, -0.05) is 26.1 Å². The highest BCUT2D eigenvalue weighted by molar-refractivity contribution is 7.81. The molecule has 0 bridgehead atoms. The van der Waals surface area contributed by atoms with Crippen LogP contribution < -0.4 is 0 Å². The van der Waals surface area contributed by atoms with Gasteiger partial charge < -0.3 is 0 Å². The molecule has 0 N–H and O–H groups in total. The summed E-state index contributed by atoms with van der Waals surface area (Å²) in [5.41, 5.74) is 0. The largest absolute Gasteiger partial charge is 0.175 e. The Bertz CT molecular complexity index is 70.9. The number of thiocarbonyl (C=S) groups is 1. The molecule has 0 aromatic rings. The fraction of sp³-hybridized carbons (Fsp3) is 0.833. The predicted octanol–water partition coefficient (Wildman–Crippen LogP) is 2.21. The zero-order chi connectivity index (χ0) is 6.57. The highest BCUT2D eigenvalue weighted by Gasteiger charge is 2.06. The van der Waals surface area contributed by atoms with Gasteiger partial charge in [-0.25, -0.2) is 0 Å². The van der Waals surface area contributed by atoms with Crippen molar-refractivity contribution in [2.24, 2.45) is 5.92 Å². The Morgan fingerprint density at radius 1 is 1.75 bits per heavy atom. The van der Waals surface area contributed by atoms with Crippen LogP contribution in [0.4, 0.5) is 0 Å². The maximum Gasteiger partial charge on any atom is 0.0333 e. The van der Waals surface area contributed by atoms with Gasteiger partial charge in [0.25, 0.3) is 0 Å². The van der Waals surface area contributed by atoms with E-state index in [2.05, 4.69) is 37.1 Å². The molecule has 0 aromatic heterocycles. The van der Waals surface area contributed by atoms with Crippen LogP contribution in [0.25, 0.3) is 0 Å². The van der Waals surface area contributed by atoms with Crippen molar-refractivity contribution in [1.29, 1.82) is 0 Å². The summed E-state index contributed by atoms with van der Waals surface area (Å²) in [4.78, 5) is 0. The molecule has 0 nitrogen and oxygen atoms in total. The molecule has 2 atom stereocenters. The molecule has 0 aliphatic carbocycles. The summed E-state index contributed by atoms with van der Waals surface area (Å²) in [6.45, 7) is 4.13. The predicted molar refractivity (Wildman–Crippen MR) is 44.8 cm³/mol. The van der Waals surface area contributed by atoms with Crippen LogP contribution in [-0.2, 0) is 0 Å². The number of hydrogen-bond acceptors (Lipinski definition) is 2. The Labute approximate surface area is 62.1 Å². The van der Waals surface area contributed by atoms with Crippen molar-refractivity contribution in [1.82, 2.24) is 0 Å². The molecule has 0 saturated carbocycles. The molecule has 0 rings (SSSR count). The quantitative estimate of drug-likeness (QED) is 0.472. The van der Waals surface area contributed by atoms with Gasteiger partial charge in [0.05, 0.1) is 0 Å². The summed E-state index contributed by atoms with van der Waals surface area (Å²) in [7, 11) is 0. The van der Waals surface area contributed by atoms with Gasteiger partial charge in [0, 0.05) is 16.5 Å². The van der Waals surface area contributed by atoms with E-state index in [4.69, 9.17) is 0 Å². The fourth-order valence-corrected chi connectivity index (χ4v) is 0.772. The molecule has 0 heterocycles. The molecule has 0 spiro atoms. The Morgan fingerprint density at radius 2 is 2.25 bits per heavy atom. The molecule has 1 radical (unpaired) electrons. The van der Waals surface area contributed by atoms with Crippen molar-refractivity contribution in [3.8, 4) is 0 Å². The molecule has 2 unspecified atom stereocenters. The summed E-state index contributed by atoms with van der Waals surface area (Å²) >= 11 is 8.89. The molecule has 0 aliphatic rings. The van der Waals surface area contributed by atoms with Crippen LogP contribution in [0.1, 0.15) is 20.3 Å². The fourth-order valence-electron chi connectivity index (χ4n) is 0.432. The molecular formula is C6H11S2. The molecule has 0 saturated heterocycles. The third kappa shape index (κ3) is 2.68. The first-order chi connectivity index (χ1) is 3.72. The zero-order valence-corrected chi connectivity index (χ0v) is 6.93. The van der Waals surface area contributed by atoms with Crippen LogP contribution in [0.2, 0.25) is 0 Å². The highest BCUT2D eigenvalue weighted by atomic mass is 32.1. The third-order valence-electron chi connectivity index (χ3n) is 1.18. The van der Waals surface area contributed by atoms with Crippen LogP contribution in [0.5, 0.6) is 0 Å². The lowest BCUT2D eigenvalue weighted by Gasteiger charge is -2.09. The number of rotatable bonds is 3. The summed E-state index contributed by atoms with van der Waals surface area (Å²) < 4.78 is 0. The zero-order valence-electron chi connectivity index (χ0n) is 5.22. The van der Waals surface area contributed by atoms with E-state index in [0.29, 0.717) is 11.2 Å². The van der Waals surface area contributed by atoms with E-state index in [1.54, 1.807) is 0 Å². The summed E-state index contributed by atoms with van der Waals surface area (Å²) in [6.07, 6.45) is 1.06. The van der Waals surface area contributed by atoms with E-state index in [1.807, 2.05) is 6.92 Å². The van der Waals surface area contributed by atoms with Gasteiger partial charge in [0.15, 0.2) is 0 Å². The molecule has 0 amide bonds. The lowest BCUT2D eigenvalue weighted by Crippen LogP contribution is -2.09. The van der Waals surface area contributed by atoms with Crippen molar-refractivity contribution in [3.05, 3.63) is 0 Å². The van der Waals surface area contributed by atoms with Gasteiger partial charge >= 0.3 is 0 Å². The summed E-state index contributed by atoms with van der Waals surface area (Å²) in [5.74, 6) is 0.346. The summed E-state index contributed by atoms with van der Waals surface area (Å²) in [5, 5.41) is 3.12. The van der Waals surface area contributed by atoms with E-state index in [0.717, 1.165) is 6.42 Å². The van der Waals surface area contributed by atoms with Crippen molar-refractivity contribution < 1.29 is 0 Å². The van der Waals surface area contributed by atoms with E-state index >= 15 is 0 Å². The second-order valence-electron chi connectivity index (χ2n) is 1.88. The second-order valence-corrected chi connectivity index (χ2v) is 2.78. The van der Waals surface area contributed by atoms with Gasteiger partial charge in [-0.2, -0.15) is 12.6 Å². The third-order valence-corrected chi connectivity index (χ3v) is 2.37. The minimum absolute atomic E-state index is 0.346. The second kappa shape index (κ2) is 4.33. The Hall–Kier alpha value is 0.440. The van der Waals surface area contributed by atoms with Crippen LogP contribution in [-0.4, -0.2) is 10.6 Å². The molecule has 47 valence electrons. The first kappa shape index (κ1) is 8.44. The molecule has 0 aliphatic heterocycles. The SMILES string of the molecule is CCC(S)C(C)[C]=S. The van der Waals surface area contributed by atoms with E-state index < -0.39 is 0 Å². The lowest BCUT2D eigenvalue weighted by atomic mass is 10.1. The van der Waals surface area contributed by atoms with Crippen molar-refractivity contribution in [2.75, 3.05) is 0 Å². The molecule has 0 aromatic carbocycles. The molecular weight excluding hydrogens is 136 g/mol. The van der Waals surface area contributed by atoms with Crippen LogP contribution in [0.3, 0.4) is 0 Å². The average molecular weight is 147 g/mol. The minimum atomic E-state index is 0.346. The van der Waals surface area contributed by atoms with Gasteiger partial charge in [0.2, 0.25) is 0 Å². The van der Waals surface area contributed by atoms with Gasteiger partial charge in [-0.3, -0.25) is 0 Å². The van der Waals surface area contributed by atoms with Crippen LogP contribution in [0.15, 0.2) is 0 Å². The summed E-state index contributed by atoms with van der Waals surface area (Å²) in [6, 6.07) is 0. The molecule has 2 heteroatoms. The maximum absolute atomic E-state index is 4.62. The first-order valence-corrected chi connectivity index (χ1v) is 3.70. The first-order valence-electron chi connectivity index (χ1n) is 2.78. The topological polar surface area (TPSA) is 0 Å². The van der Waals surface area contributed by atoms with Crippen LogP contribution in [0, 0.1) is 5.92 Å². The smallest absolute Gasteiger partial charge is 0.0333 e. The number of hydrogen-bond donors (Lipinski definition) is 1. The molecule has 8 heavy (non-hydrogen) atoms. The highest BCUT2D eigenvalue weighted by Crippen LogP contribution is 2.10. The van der Waals surface area contributed by atoms with E-state index in [1.165, 1.54) is 0 Å². The average Bonchev–Trinajstić information content (AvgIpc) is 1.84. The Kier molecular flexibility index (Phi) is 4.57. The Morgan fingerprint density at radius 3 is 2.38 bits per heavy atom. The Balaban J connectivity index is 3.44. The monoisotopic (exact) mass is 147 g/mol. The lowest BCUT2D eigenvalue weighted by molar-refractivity contribution is 0.708. The minimum Gasteiger partial charge on any atom is -0.175 e. The standard InChI is InChI=1S/C6H11S2/c1-3-6(8)5(2)4-7/h5-6,8H,3H2,1-2H3. The van der Waals surface area contributed by atoms with Crippen molar-refractivity contribution >= 4 is 30.2 Å². The van der Waals surface area contributed by atoms with Gasteiger partial charge in [0.1, 0.15) is 0 Å². The van der Waals surface area contributed by atoms with E-state index in [9.17, 15) is 0 Å². The van der Waals surface area contributed by atoms with Gasteiger partial charge in [-0.05, 0) is 6.42 Å². The van der Waals surface area contributed by atoms with Crippen molar-refractivity contribution in [3.63, 3.8) is 0 Å². The van der Waals surface area contributed by atoms with Crippen LogP contribution >= 0.6 is 24.8 Å². The van der Waals surface area contributed by atoms with Crippen molar-refractivity contribution in [2.45, 2.75) is 25.5 Å². The maximum atomic E-state index is 4.62. The van der Waals surface area contributed by atoms with Gasteiger partial charge in [-0.15, -0.1) is 0 Å².